The Morgan fingerprint density at radius 2 is 2.11 bits per heavy atom. The lowest BCUT2D eigenvalue weighted by Gasteiger charge is -2.28. The van der Waals surface area contributed by atoms with E-state index in [2.05, 4.69) is 20.9 Å². The van der Waals surface area contributed by atoms with Gasteiger partial charge in [-0.1, -0.05) is 13.0 Å². The second-order valence-corrected chi connectivity index (χ2v) is 6.71. The van der Waals surface area contributed by atoms with Gasteiger partial charge in [0.1, 0.15) is 12.1 Å². The van der Waals surface area contributed by atoms with E-state index < -0.39 is 12.1 Å². The second-order valence-electron chi connectivity index (χ2n) is 6.71. The number of rotatable bonds is 8. The summed E-state index contributed by atoms with van der Waals surface area (Å²) in [7, 11) is 1.69. The molecule has 0 spiro atoms. The molecule has 1 saturated heterocycles. The van der Waals surface area contributed by atoms with Gasteiger partial charge in [-0.05, 0) is 45.4 Å². The lowest BCUT2D eigenvalue weighted by Crippen LogP contribution is -2.55. The van der Waals surface area contributed by atoms with Gasteiger partial charge in [0.25, 0.3) is 0 Å². The van der Waals surface area contributed by atoms with Crippen molar-refractivity contribution in [1.82, 2.24) is 25.8 Å². The molecule has 27 heavy (non-hydrogen) atoms. The molecule has 3 N–H and O–H groups in total. The summed E-state index contributed by atoms with van der Waals surface area (Å²) in [4.78, 5) is 43.4. The van der Waals surface area contributed by atoms with E-state index in [1.54, 1.807) is 25.1 Å². The third kappa shape index (κ3) is 5.50. The van der Waals surface area contributed by atoms with Gasteiger partial charge in [0.05, 0.1) is 18.3 Å². The van der Waals surface area contributed by atoms with Crippen molar-refractivity contribution in [3.63, 3.8) is 0 Å². The fourth-order valence-corrected chi connectivity index (χ4v) is 3.07. The molecule has 2 heterocycles. The third-order valence-electron chi connectivity index (χ3n) is 4.86. The van der Waals surface area contributed by atoms with Crippen LogP contribution >= 0.6 is 0 Å². The molecule has 8 heteroatoms. The van der Waals surface area contributed by atoms with Gasteiger partial charge in [-0.3, -0.25) is 19.4 Å². The van der Waals surface area contributed by atoms with Crippen molar-refractivity contribution in [2.24, 2.45) is 0 Å². The van der Waals surface area contributed by atoms with Gasteiger partial charge in [-0.15, -0.1) is 0 Å². The zero-order chi connectivity index (χ0) is 19.8. The third-order valence-corrected chi connectivity index (χ3v) is 4.86. The van der Waals surface area contributed by atoms with Crippen molar-refractivity contribution in [3.05, 3.63) is 30.1 Å². The van der Waals surface area contributed by atoms with Gasteiger partial charge < -0.3 is 20.9 Å². The van der Waals surface area contributed by atoms with Crippen molar-refractivity contribution in [3.8, 4) is 0 Å². The van der Waals surface area contributed by atoms with E-state index in [4.69, 9.17) is 0 Å². The van der Waals surface area contributed by atoms with Crippen molar-refractivity contribution >= 4 is 17.7 Å². The molecule has 1 aliphatic rings. The van der Waals surface area contributed by atoms with Crippen LogP contribution < -0.4 is 16.0 Å². The van der Waals surface area contributed by atoms with Crippen molar-refractivity contribution in [1.29, 1.82) is 0 Å². The van der Waals surface area contributed by atoms with Crippen LogP contribution in [-0.4, -0.2) is 59.3 Å². The quantitative estimate of drug-likeness (QED) is 0.602. The molecule has 148 valence electrons. The molecule has 0 aromatic carbocycles. The Morgan fingerprint density at radius 1 is 1.33 bits per heavy atom. The first-order valence-electron chi connectivity index (χ1n) is 9.43. The number of hydrogen-bond acceptors (Lipinski definition) is 5. The van der Waals surface area contributed by atoms with Crippen LogP contribution in [0.3, 0.4) is 0 Å². The molecule has 2 rings (SSSR count). The van der Waals surface area contributed by atoms with Crippen LogP contribution in [0.1, 0.15) is 38.8 Å². The standard InChI is InChI=1S/C19H29N5O3/c1-4-15(23-17(25)13(2)20-3)19(27)24-11-7-9-16(24)18(26)22-12-14-8-5-6-10-21-14/h5-6,8,10,13,15-16,20H,4,7,9,11-12H2,1-3H3,(H,22,26)(H,23,25)/t13-,15-,16-/m0/s1. The Bertz CT molecular complexity index is 652. The maximum Gasteiger partial charge on any atom is 0.245 e. The molecular formula is C19H29N5O3. The Labute approximate surface area is 160 Å². The molecule has 0 aliphatic carbocycles. The predicted molar refractivity (Wildman–Crippen MR) is 102 cm³/mol. The molecule has 3 amide bonds. The largest absolute Gasteiger partial charge is 0.349 e. The van der Waals surface area contributed by atoms with Gasteiger partial charge in [-0.25, -0.2) is 0 Å². The monoisotopic (exact) mass is 375 g/mol. The van der Waals surface area contributed by atoms with Crippen molar-refractivity contribution in [2.75, 3.05) is 13.6 Å². The first-order valence-corrected chi connectivity index (χ1v) is 9.43. The zero-order valence-corrected chi connectivity index (χ0v) is 16.2. The van der Waals surface area contributed by atoms with Gasteiger partial charge in [0.15, 0.2) is 0 Å². The SMILES string of the molecule is CC[C@H](NC(=O)[C@H](C)NC)C(=O)N1CCC[C@H]1C(=O)NCc1ccccn1. The first kappa shape index (κ1) is 20.8. The number of pyridine rings is 1. The number of nitrogens with zero attached hydrogens (tertiary/aromatic N) is 2. The highest BCUT2D eigenvalue weighted by atomic mass is 16.2. The maximum absolute atomic E-state index is 12.9. The summed E-state index contributed by atoms with van der Waals surface area (Å²) < 4.78 is 0. The van der Waals surface area contributed by atoms with E-state index in [0.717, 1.165) is 12.1 Å². The summed E-state index contributed by atoms with van der Waals surface area (Å²) >= 11 is 0. The van der Waals surface area contributed by atoms with E-state index in [1.165, 1.54) is 0 Å². The number of carbonyl (C=O) groups is 3. The molecule has 1 fully saturated rings. The van der Waals surface area contributed by atoms with Crippen LogP contribution in [0.25, 0.3) is 0 Å². The lowest BCUT2D eigenvalue weighted by molar-refractivity contribution is -0.141. The highest BCUT2D eigenvalue weighted by Gasteiger charge is 2.37. The highest BCUT2D eigenvalue weighted by Crippen LogP contribution is 2.19. The molecule has 0 saturated carbocycles. The van der Waals surface area contributed by atoms with E-state index >= 15 is 0 Å². The summed E-state index contributed by atoms with van der Waals surface area (Å²) in [5.74, 6) is -0.617. The van der Waals surface area contributed by atoms with Crippen LogP contribution in [-0.2, 0) is 20.9 Å². The minimum Gasteiger partial charge on any atom is -0.349 e. The molecular weight excluding hydrogens is 346 g/mol. The van der Waals surface area contributed by atoms with Crippen molar-refractivity contribution < 1.29 is 14.4 Å². The number of carbonyl (C=O) groups excluding carboxylic acids is 3. The molecule has 0 radical (unpaired) electrons. The summed E-state index contributed by atoms with van der Waals surface area (Å²) in [5, 5.41) is 8.49. The summed E-state index contributed by atoms with van der Waals surface area (Å²) in [6, 6.07) is 4.00. The predicted octanol–water partition coefficient (Wildman–Crippen LogP) is 0.192. The number of likely N-dealkylation sites (N-methyl/N-ethyl adjacent to an activating group) is 1. The van der Waals surface area contributed by atoms with Crippen LogP contribution in [0.2, 0.25) is 0 Å². The maximum atomic E-state index is 12.9. The first-order chi connectivity index (χ1) is 13.0. The Morgan fingerprint density at radius 3 is 2.74 bits per heavy atom. The normalized spacial score (nSPS) is 18.6. The number of amides is 3. The molecule has 3 atom stereocenters. The van der Waals surface area contributed by atoms with E-state index in [1.807, 2.05) is 25.1 Å². The smallest absolute Gasteiger partial charge is 0.245 e. The number of aromatic nitrogens is 1. The van der Waals surface area contributed by atoms with Gasteiger partial charge in [0.2, 0.25) is 17.7 Å². The number of likely N-dealkylation sites (tertiary alicyclic amines) is 1. The molecule has 0 bridgehead atoms. The van der Waals surface area contributed by atoms with Gasteiger partial charge >= 0.3 is 0 Å². The van der Waals surface area contributed by atoms with Crippen LogP contribution in [0, 0.1) is 0 Å². The fraction of sp³-hybridized carbons (Fsp3) is 0.579. The van der Waals surface area contributed by atoms with Crippen LogP contribution in [0.4, 0.5) is 0 Å². The van der Waals surface area contributed by atoms with Crippen LogP contribution in [0.15, 0.2) is 24.4 Å². The van der Waals surface area contributed by atoms with E-state index in [-0.39, 0.29) is 23.8 Å². The lowest BCUT2D eigenvalue weighted by atomic mass is 10.1. The molecule has 8 nitrogen and oxygen atoms in total. The Kier molecular flexibility index (Phi) is 7.72. The molecule has 0 unspecified atom stereocenters. The number of nitrogens with one attached hydrogen (secondary N) is 3. The minimum absolute atomic E-state index is 0.184. The molecule has 1 aromatic heterocycles. The minimum atomic E-state index is -0.627. The topological polar surface area (TPSA) is 103 Å². The fourth-order valence-electron chi connectivity index (χ4n) is 3.07. The summed E-state index contributed by atoms with van der Waals surface area (Å²) in [6.07, 6.45) is 3.54. The molecule has 1 aliphatic heterocycles. The summed E-state index contributed by atoms with van der Waals surface area (Å²) in [6.45, 7) is 4.43. The zero-order valence-electron chi connectivity index (χ0n) is 16.2. The number of hydrogen-bond donors (Lipinski definition) is 3. The van der Waals surface area contributed by atoms with Crippen LogP contribution in [0.5, 0.6) is 0 Å². The Balaban J connectivity index is 1.97. The van der Waals surface area contributed by atoms with Crippen molar-refractivity contribution in [2.45, 2.75) is 57.8 Å². The Hall–Kier alpha value is -2.48. The molecule has 1 aromatic rings. The van der Waals surface area contributed by atoms with Gasteiger partial charge in [-0.2, -0.15) is 0 Å². The average molecular weight is 375 g/mol. The summed E-state index contributed by atoms with van der Waals surface area (Å²) in [5.41, 5.74) is 0.765. The van der Waals surface area contributed by atoms with Gasteiger partial charge in [0, 0.05) is 12.7 Å². The van der Waals surface area contributed by atoms with E-state index in [9.17, 15) is 14.4 Å². The van der Waals surface area contributed by atoms with E-state index in [0.29, 0.717) is 25.9 Å². The average Bonchev–Trinajstić information content (AvgIpc) is 3.19. The highest BCUT2D eigenvalue weighted by molar-refractivity contribution is 5.93. The second kappa shape index (κ2) is 10.0.